The summed E-state index contributed by atoms with van der Waals surface area (Å²) in [4.78, 5) is 0. The zero-order chi connectivity index (χ0) is 9.10. The average Bonchev–Trinajstić information content (AvgIpc) is 2.57. The molecule has 0 radical (unpaired) electrons. The van der Waals surface area contributed by atoms with Gasteiger partial charge in [-0.3, -0.25) is 0 Å². The Balaban J connectivity index is 2.08. The zero-order valence-electron chi connectivity index (χ0n) is 7.80. The Morgan fingerprint density at radius 1 is 1.46 bits per heavy atom. The van der Waals surface area contributed by atoms with Gasteiger partial charge in [0.1, 0.15) is 0 Å². The van der Waals surface area contributed by atoms with Crippen molar-refractivity contribution in [2.45, 2.75) is 25.8 Å². The molecule has 0 saturated carbocycles. The van der Waals surface area contributed by atoms with Crippen LogP contribution in [-0.2, 0) is 6.42 Å². The second kappa shape index (κ2) is 3.53. The second-order valence-corrected chi connectivity index (χ2v) is 3.33. The van der Waals surface area contributed by atoms with E-state index in [1.807, 2.05) is 6.92 Å². The molecule has 1 atom stereocenters. The van der Waals surface area contributed by atoms with Gasteiger partial charge in [0.05, 0.1) is 0 Å². The summed E-state index contributed by atoms with van der Waals surface area (Å²) in [6, 6.07) is 9.00. The molecule has 2 rings (SSSR count). The van der Waals surface area contributed by atoms with E-state index in [2.05, 4.69) is 41.4 Å². The number of nitrogens with one attached hydrogen (secondary N) is 1. The molecule has 0 aromatic heterocycles. The Morgan fingerprint density at radius 3 is 3.08 bits per heavy atom. The number of hydrogen-bond acceptors (Lipinski definition) is 1. The van der Waals surface area contributed by atoms with E-state index < -0.39 is 0 Å². The summed E-state index contributed by atoms with van der Waals surface area (Å²) in [6.07, 6.45) is 2.07. The van der Waals surface area contributed by atoms with Gasteiger partial charge in [0.25, 0.3) is 0 Å². The second-order valence-electron chi connectivity index (χ2n) is 3.33. The molecule has 1 heterocycles. The van der Waals surface area contributed by atoms with Crippen LogP contribution in [0.5, 0.6) is 0 Å². The van der Waals surface area contributed by atoms with Crippen molar-refractivity contribution in [1.29, 1.82) is 0 Å². The number of rotatable bonds is 1. The average molecular weight is 171 g/mol. The van der Waals surface area contributed by atoms with Gasteiger partial charge in [0, 0.05) is 18.2 Å². The maximum atomic E-state index is 3.47. The molecule has 1 heteroatoms. The van der Waals surface area contributed by atoms with E-state index in [1.54, 1.807) is 0 Å². The lowest BCUT2D eigenvalue weighted by Crippen LogP contribution is -2.13. The van der Waals surface area contributed by atoms with E-state index in [9.17, 15) is 0 Å². The summed E-state index contributed by atoms with van der Waals surface area (Å²) in [5.74, 6) is 6.04. The van der Waals surface area contributed by atoms with E-state index in [0.29, 0.717) is 6.04 Å². The zero-order valence-corrected chi connectivity index (χ0v) is 7.80. The molecule has 1 N–H and O–H groups in total. The summed E-state index contributed by atoms with van der Waals surface area (Å²) in [7, 11) is 0. The van der Waals surface area contributed by atoms with Crippen molar-refractivity contribution in [3.05, 3.63) is 29.8 Å². The van der Waals surface area contributed by atoms with E-state index in [0.717, 1.165) is 12.8 Å². The van der Waals surface area contributed by atoms with Crippen LogP contribution >= 0.6 is 0 Å². The minimum atomic E-state index is 0.518. The van der Waals surface area contributed by atoms with Crippen LogP contribution in [0.25, 0.3) is 0 Å². The lowest BCUT2D eigenvalue weighted by Gasteiger charge is -2.05. The molecule has 1 unspecified atom stereocenters. The fourth-order valence-electron chi connectivity index (χ4n) is 1.72. The van der Waals surface area contributed by atoms with Gasteiger partial charge in [0.15, 0.2) is 0 Å². The Hall–Kier alpha value is -1.42. The van der Waals surface area contributed by atoms with Crippen molar-refractivity contribution in [3.63, 3.8) is 0 Å². The van der Waals surface area contributed by atoms with Crippen molar-refractivity contribution in [3.8, 4) is 11.8 Å². The van der Waals surface area contributed by atoms with Crippen molar-refractivity contribution >= 4 is 5.69 Å². The maximum Gasteiger partial charge on any atom is 0.0411 e. The summed E-state index contributed by atoms with van der Waals surface area (Å²) < 4.78 is 0. The maximum absolute atomic E-state index is 3.47. The number of fused-ring (bicyclic) bond motifs is 1. The van der Waals surface area contributed by atoms with Crippen molar-refractivity contribution in [2.75, 3.05) is 5.32 Å². The molecule has 1 aromatic rings. The van der Waals surface area contributed by atoms with Gasteiger partial charge in [-0.2, -0.15) is 0 Å². The summed E-state index contributed by atoms with van der Waals surface area (Å²) >= 11 is 0. The topological polar surface area (TPSA) is 12.0 Å². The Morgan fingerprint density at radius 2 is 2.31 bits per heavy atom. The van der Waals surface area contributed by atoms with Gasteiger partial charge in [-0.15, -0.1) is 11.8 Å². The van der Waals surface area contributed by atoms with Crippen molar-refractivity contribution in [2.24, 2.45) is 0 Å². The summed E-state index contributed by atoms with van der Waals surface area (Å²) in [5.41, 5.74) is 2.70. The molecule has 0 spiro atoms. The molecule has 1 aromatic carbocycles. The highest BCUT2D eigenvalue weighted by Crippen LogP contribution is 2.25. The third kappa shape index (κ3) is 1.67. The van der Waals surface area contributed by atoms with Gasteiger partial charge in [-0.05, 0) is 25.0 Å². The fourth-order valence-corrected chi connectivity index (χ4v) is 1.72. The summed E-state index contributed by atoms with van der Waals surface area (Å²) in [6.45, 7) is 1.89. The van der Waals surface area contributed by atoms with E-state index >= 15 is 0 Å². The van der Waals surface area contributed by atoms with Crippen LogP contribution in [0.15, 0.2) is 24.3 Å². The Kier molecular flexibility index (Phi) is 2.23. The minimum absolute atomic E-state index is 0.518. The van der Waals surface area contributed by atoms with Gasteiger partial charge < -0.3 is 5.32 Å². The SMILES string of the molecule is CC#CCC1Cc2ccccc2N1. The summed E-state index contributed by atoms with van der Waals surface area (Å²) in [5, 5.41) is 3.47. The van der Waals surface area contributed by atoms with Crippen LogP contribution in [0, 0.1) is 11.8 Å². The monoisotopic (exact) mass is 171 g/mol. The highest BCUT2D eigenvalue weighted by Gasteiger charge is 2.18. The molecular weight excluding hydrogens is 158 g/mol. The van der Waals surface area contributed by atoms with E-state index in [1.165, 1.54) is 11.3 Å². The first kappa shape index (κ1) is 8.19. The van der Waals surface area contributed by atoms with Crippen LogP contribution in [0.4, 0.5) is 5.69 Å². The molecule has 13 heavy (non-hydrogen) atoms. The molecule has 0 saturated heterocycles. The van der Waals surface area contributed by atoms with Gasteiger partial charge in [-0.1, -0.05) is 18.2 Å². The first-order chi connectivity index (χ1) is 6.40. The van der Waals surface area contributed by atoms with Crippen molar-refractivity contribution in [1.82, 2.24) is 0 Å². The first-order valence-corrected chi connectivity index (χ1v) is 4.64. The molecule has 1 aliphatic heterocycles. The van der Waals surface area contributed by atoms with Crippen LogP contribution in [0.2, 0.25) is 0 Å². The molecule has 0 amide bonds. The molecule has 66 valence electrons. The molecular formula is C12H13N. The Labute approximate surface area is 79.2 Å². The Bertz CT molecular complexity index is 332. The number of hydrogen-bond donors (Lipinski definition) is 1. The van der Waals surface area contributed by atoms with Crippen LogP contribution in [0.3, 0.4) is 0 Å². The van der Waals surface area contributed by atoms with Gasteiger partial charge >= 0.3 is 0 Å². The first-order valence-electron chi connectivity index (χ1n) is 4.64. The number of benzene rings is 1. The smallest absolute Gasteiger partial charge is 0.0411 e. The molecule has 1 aliphatic rings. The lowest BCUT2D eigenvalue weighted by molar-refractivity contribution is 0.778. The van der Waals surface area contributed by atoms with E-state index in [-0.39, 0.29) is 0 Å². The minimum Gasteiger partial charge on any atom is -0.381 e. The molecule has 0 aliphatic carbocycles. The van der Waals surface area contributed by atoms with Crippen LogP contribution < -0.4 is 5.32 Å². The third-order valence-corrected chi connectivity index (χ3v) is 2.37. The molecule has 0 bridgehead atoms. The largest absolute Gasteiger partial charge is 0.381 e. The lowest BCUT2D eigenvalue weighted by atomic mass is 10.1. The standard InChI is InChI=1S/C12H13N/c1-2-3-7-11-9-10-6-4-5-8-12(10)13-11/h4-6,8,11,13H,7,9H2,1H3. The highest BCUT2D eigenvalue weighted by atomic mass is 14.9. The number of para-hydroxylation sites is 1. The number of anilines is 1. The van der Waals surface area contributed by atoms with Gasteiger partial charge in [0.2, 0.25) is 0 Å². The predicted octanol–water partition coefficient (Wildman–Crippen LogP) is 2.44. The predicted molar refractivity (Wildman–Crippen MR) is 55.6 cm³/mol. The van der Waals surface area contributed by atoms with E-state index in [4.69, 9.17) is 0 Å². The van der Waals surface area contributed by atoms with Crippen LogP contribution in [-0.4, -0.2) is 6.04 Å². The van der Waals surface area contributed by atoms with Gasteiger partial charge in [-0.25, -0.2) is 0 Å². The quantitative estimate of drug-likeness (QED) is 0.640. The third-order valence-electron chi connectivity index (χ3n) is 2.37. The van der Waals surface area contributed by atoms with Crippen molar-refractivity contribution < 1.29 is 0 Å². The van der Waals surface area contributed by atoms with Crippen LogP contribution in [0.1, 0.15) is 18.9 Å². The molecule has 1 nitrogen and oxygen atoms in total. The highest BCUT2D eigenvalue weighted by molar-refractivity contribution is 5.56. The normalized spacial score (nSPS) is 18.4. The fraction of sp³-hybridized carbons (Fsp3) is 0.333. The molecule has 0 fully saturated rings.